The quantitative estimate of drug-likeness (QED) is 0.783. The van der Waals surface area contributed by atoms with Crippen LogP contribution in [-0.2, 0) is 4.79 Å². The van der Waals surface area contributed by atoms with Crippen molar-refractivity contribution in [1.29, 1.82) is 0 Å². The molecule has 3 rings (SSSR count). The zero-order valence-electron chi connectivity index (χ0n) is 10.6. The van der Waals surface area contributed by atoms with Gasteiger partial charge in [0.2, 0.25) is 11.8 Å². The Labute approximate surface area is 119 Å². The fraction of sp³-hybridized carbons (Fsp3) is 0.0714. The first-order chi connectivity index (χ1) is 9.63. The average molecular weight is 288 g/mol. The molecule has 5 nitrogen and oxygen atoms in total. The second kappa shape index (κ2) is 4.94. The molecule has 0 saturated heterocycles. The van der Waals surface area contributed by atoms with E-state index in [9.17, 15) is 4.79 Å². The SMILES string of the molecule is CC(=O)Nc1cc(-c2nc3cnccc3o2)ccc1Cl. The van der Waals surface area contributed by atoms with Gasteiger partial charge in [0.05, 0.1) is 16.9 Å². The van der Waals surface area contributed by atoms with E-state index in [2.05, 4.69) is 15.3 Å². The number of fused-ring (bicyclic) bond motifs is 1. The number of amides is 1. The summed E-state index contributed by atoms with van der Waals surface area (Å²) < 4.78 is 5.65. The lowest BCUT2D eigenvalue weighted by Gasteiger charge is -2.05. The van der Waals surface area contributed by atoms with Gasteiger partial charge in [-0.15, -0.1) is 0 Å². The summed E-state index contributed by atoms with van der Waals surface area (Å²) in [5, 5.41) is 3.12. The molecule has 0 aliphatic heterocycles. The largest absolute Gasteiger partial charge is 0.436 e. The van der Waals surface area contributed by atoms with Crippen molar-refractivity contribution < 1.29 is 9.21 Å². The lowest BCUT2D eigenvalue weighted by Crippen LogP contribution is -2.06. The molecule has 0 bridgehead atoms. The van der Waals surface area contributed by atoms with E-state index in [-0.39, 0.29) is 5.91 Å². The Morgan fingerprint density at radius 1 is 1.35 bits per heavy atom. The van der Waals surface area contributed by atoms with Gasteiger partial charge in [-0.2, -0.15) is 0 Å². The van der Waals surface area contributed by atoms with E-state index in [1.807, 2.05) is 0 Å². The number of benzene rings is 1. The number of halogens is 1. The van der Waals surface area contributed by atoms with Crippen molar-refractivity contribution in [1.82, 2.24) is 9.97 Å². The van der Waals surface area contributed by atoms with Crippen LogP contribution in [0.4, 0.5) is 5.69 Å². The van der Waals surface area contributed by atoms with Crippen molar-refractivity contribution in [3.05, 3.63) is 41.7 Å². The minimum atomic E-state index is -0.189. The molecule has 0 spiro atoms. The third kappa shape index (κ3) is 2.35. The smallest absolute Gasteiger partial charge is 0.227 e. The number of nitrogens with one attached hydrogen (secondary N) is 1. The summed E-state index contributed by atoms with van der Waals surface area (Å²) in [7, 11) is 0. The second-order valence-electron chi connectivity index (χ2n) is 4.24. The van der Waals surface area contributed by atoms with Gasteiger partial charge in [0.25, 0.3) is 0 Å². The van der Waals surface area contributed by atoms with E-state index in [4.69, 9.17) is 16.0 Å². The van der Waals surface area contributed by atoms with Crippen molar-refractivity contribution in [3.63, 3.8) is 0 Å². The van der Waals surface area contributed by atoms with Crippen LogP contribution in [0.2, 0.25) is 5.02 Å². The molecular weight excluding hydrogens is 278 g/mol. The van der Waals surface area contributed by atoms with Crippen LogP contribution >= 0.6 is 11.6 Å². The van der Waals surface area contributed by atoms with Crippen molar-refractivity contribution in [2.24, 2.45) is 0 Å². The Hall–Kier alpha value is -2.40. The highest BCUT2D eigenvalue weighted by atomic mass is 35.5. The summed E-state index contributed by atoms with van der Waals surface area (Å²) in [5.41, 5.74) is 2.59. The van der Waals surface area contributed by atoms with Crippen molar-refractivity contribution in [2.75, 3.05) is 5.32 Å². The first-order valence-corrected chi connectivity index (χ1v) is 6.29. The Bertz CT molecular complexity index is 765. The number of rotatable bonds is 2. The maximum absolute atomic E-state index is 11.1. The number of carbonyl (C=O) groups excluding carboxylic acids is 1. The molecule has 1 N–H and O–H groups in total. The third-order valence-electron chi connectivity index (χ3n) is 2.71. The Balaban J connectivity index is 2.07. The highest BCUT2D eigenvalue weighted by molar-refractivity contribution is 6.33. The zero-order valence-corrected chi connectivity index (χ0v) is 11.3. The number of hydrogen-bond donors (Lipinski definition) is 1. The van der Waals surface area contributed by atoms with Gasteiger partial charge in [-0.1, -0.05) is 11.6 Å². The van der Waals surface area contributed by atoms with E-state index in [0.717, 1.165) is 5.56 Å². The summed E-state index contributed by atoms with van der Waals surface area (Å²) in [4.78, 5) is 19.5. The fourth-order valence-corrected chi connectivity index (χ4v) is 2.01. The van der Waals surface area contributed by atoms with Gasteiger partial charge in [0, 0.05) is 24.8 Å². The molecule has 100 valence electrons. The third-order valence-corrected chi connectivity index (χ3v) is 3.04. The molecule has 0 fully saturated rings. The van der Waals surface area contributed by atoms with Crippen LogP contribution in [0, 0.1) is 0 Å². The van der Waals surface area contributed by atoms with E-state index >= 15 is 0 Å². The molecule has 1 aromatic carbocycles. The average Bonchev–Trinajstić information content (AvgIpc) is 2.84. The van der Waals surface area contributed by atoms with Gasteiger partial charge < -0.3 is 9.73 Å². The summed E-state index contributed by atoms with van der Waals surface area (Å²) in [5.74, 6) is 0.266. The topological polar surface area (TPSA) is 68.0 Å². The van der Waals surface area contributed by atoms with Gasteiger partial charge in [0.1, 0.15) is 5.52 Å². The molecule has 0 radical (unpaired) electrons. The van der Waals surface area contributed by atoms with Crippen molar-refractivity contribution in [3.8, 4) is 11.5 Å². The molecule has 0 saturated carbocycles. The molecular formula is C14H10ClN3O2. The van der Waals surface area contributed by atoms with E-state index in [1.54, 1.807) is 36.7 Å². The minimum Gasteiger partial charge on any atom is -0.436 e. The van der Waals surface area contributed by atoms with Gasteiger partial charge in [-0.25, -0.2) is 4.98 Å². The fourth-order valence-electron chi connectivity index (χ4n) is 1.85. The van der Waals surface area contributed by atoms with E-state index in [1.165, 1.54) is 6.92 Å². The highest BCUT2D eigenvalue weighted by Gasteiger charge is 2.11. The van der Waals surface area contributed by atoms with Crippen molar-refractivity contribution >= 4 is 34.3 Å². The number of hydrogen-bond acceptors (Lipinski definition) is 4. The molecule has 0 aliphatic rings. The van der Waals surface area contributed by atoms with E-state index in [0.29, 0.717) is 27.7 Å². The highest BCUT2D eigenvalue weighted by Crippen LogP contribution is 2.30. The molecule has 2 heterocycles. The van der Waals surface area contributed by atoms with Crippen LogP contribution in [-0.4, -0.2) is 15.9 Å². The molecule has 0 unspecified atom stereocenters. The summed E-state index contributed by atoms with van der Waals surface area (Å²) >= 11 is 6.03. The first kappa shape index (κ1) is 12.6. The molecule has 2 aromatic heterocycles. The lowest BCUT2D eigenvalue weighted by molar-refractivity contribution is -0.114. The minimum absolute atomic E-state index is 0.189. The van der Waals surface area contributed by atoms with Gasteiger partial charge in [-0.05, 0) is 18.2 Å². The number of oxazole rings is 1. The number of pyridine rings is 1. The summed E-state index contributed by atoms with van der Waals surface area (Å²) in [6, 6.07) is 6.94. The van der Waals surface area contributed by atoms with Gasteiger partial charge >= 0.3 is 0 Å². The van der Waals surface area contributed by atoms with E-state index < -0.39 is 0 Å². The molecule has 1 amide bonds. The number of anilines is 1. The molecule has 0 aliphatic carbocycles. The maximum Gasteiger partial charge on any atom is 0.227 e. The lowest BCUT2D eigenvalue weighted by atomic mass is 10.2. The maximum atomic E-state index is 11.1. The number of carbonyl (C=O) groups is 1. The molecule has 6 heteroatoms. The Morgan fingerprint density at radius 2 is 2.20 bits per heavy atom. The monoisotopic (exact) mass is 287 g/mol. The predicted octanol–water partition coefficient (Wildman–Crippen LogP) is 3.50. The van der Waals surface area contributed by atoms with Crippen molar-refractivity contribution in [2.45, 2.75) is 6.92 Å². The summed E-state index contributed by atoms with van der Waals surface area (Å²) in [6.45, 7) is 1.42. The number of aromatic nitrogens is 2. The molecule has 20 heavy (non-hydrogen) atoms. The second-order valence-corrected chi connectivity index (χ2v) is 4.65. The Kier molecular flexibility index (Phi) is 3.12. The van der Waals surface area contributed by atoms with Crippen LogP contribution in [0.25, 0.3) is 22.6 Å². The zero-order chi connectivity index (χ0) is 14.1. The normalized spacial score (nSPS) is 10.7. The summed E-state index contributed by atoms with van der Waals surface area (Å²) in [6.07, 6.45) is 3.27. The van der Waals surface area contributed by atoms with Crippen LogP contribution in [0.1, 0.15) is 6.92 Å². The Morgan fingerprint density at radius 3 is 2.95 bits per heavy atom. The standard InChI is InChI=1S/C14H10ClN3O2/c1-8(19)17-11-6-9(2-3-10(11)15)14-18-12-7-16-5-4-13(12)20-14/h2-7H,1H3,(H,17,19). The van der Waals surface area contributed by atoms with Crippen LogP contribution in [0.15, 0.2) is 41.1 Å². The van der Waals surface area contributed by atoms with Gasteiger partial charge in [0.15, 0.2) is 5.58 Å². The predicted molar refractivity (Wildman–Crippen MR) is 76.6 cm³/mol. The van der Waals surface area contributed by atoms with Crippen LogP contribution < -0.4 is 5.32 Å². The van der Waals surface area contributed by atoms with Crippen LogP contribution in [0.3, 0.4) is 0 Å². The first-order valence-electron chi connectivity index (χ1n) is 5.91. The van der Waals surface area contributed by atoms with Crippen LogP contribution in [0.5, 0.6) is 0 Å². The number of nitrogens with zero attached hydrogens (tertiary/aromatic N) is 2. The molecule has 0 atom stereocenters. The molecule has 3 aromatic rings. The van der Waals surface area contributed by atoms with Gasteiger partial charge in [-0.3, -0.25) is 9.78 Å².